The van der Waals surface area contributed by atoms with Crippen LogP contribution in [-0.4, -0.2) is 41.8 Å². The van der Waals surface area contributed by atoms with Gasteiger partial charge in [0.25, 0.3) is 0 Å². The van der Waals surface area contributed by atoms with Gasteiger partial charge >= 0.3 is 11.7 Å². The second-order valence-electron chi connectivity index (χ2n) is 3.74. The molecule has 0 radical (unpaired) electrons. The molecule has 21 heavy (non-hydrogen) atoms. The number of nitrogens with zero attached hydrogens (tertiary/aromatic N) is 2. The van der Waals surface area contributed by atoms with Crippen LogP contribution in [0.3, 0.4) is 0 Å². The van der Waals surface area contributed by atoms with Gasteiger partial charge in [-0.05, 0) is 12.1 Å². The van der Waals surface area contributed by atoms with Gasteiger partial charge in [-0.2, -0.15) is 8.70 Å². The van der Waals surface area contributed by atoms with Gasteiger partial charge in [0, 0.05) is 6.07 Å². The molecule has 0 amide bonds. The van der Waals surface area contributed by atoms with Crippen molar-refractivity contribution in [2.45, 2.75) is 4.90 Å². The molecule has 0 aliphatic carbocycles. The maximum atomic E-state index is 13.2. The average molecular weight is 316 g/mol. The molecule has 1 N–H and O–H groups in total. The van der Waals surface area contributed by atoms with E-state index in [0.717, 1.165) is 6.07 Å². The average Bonchev–Trinajstić information content (AvgIpc) is 2.37. The van der Waals surface area contributed by atoms with Crippen molar-refractivity contribution in [3.05, 3.63) is 34.1 Å². The highest BCUT2D eigenvalue weighted by Gasteiger charge is 2.28. The summed E-state index contributed by atoms with van der Waals surface area (Å²) in [6.45, 7) is -1.46. The summed E-state index contributed by atoms with van der Waals surface area (Å²) in [5.41, 5.74) is -1.04. The minimum Gasteiger partial charge on any atom is -0.480 e. The number of aliphatic carboxylic acids is 1. The Morgan fingerprint density at radius 1 is 1.52 bits per heavy atom. The van der Waals surface area contributed by atoms with Crippen molar-refractivity contribution in [2.24, 2.45) is 0 Å². The van der Waals surface area contributed by atoms with E-state index in [2.05, 4.69) is 0 Å². The summed E-state index contributed by atoms with van der Waals surface area (Å²) in [5, 5.41) is 19.3. The Morgan fingerprint density at radius 2 is 2.14 bits per heavy atom. The van der Waals surface area contributed by atoms with Gasteiger partial charge in [0.05, 0.1) is 16.4 Å². The van der Waals surface area contributed by atoms with E-state index in [1.54, 1.807) is 0 Å². The van der Waals surface area contributed by atoms with Crippen LogP contribution in [0.5, 0.6) is 0 Å². The van der Waals surface area contributed by atoms with Crippen molar-refractivity contribution in [1.82, 2.24) is 4.31 Å². The third-order valence-electron chi connectivity index (χ3n) is 2.33. The fourth-order valence-corrected chi connectivity index (χ4v) is 2.74. The lowest BCUT2D eigenvalue weighted by atomic mass is 10.3. The molecule has 0 aliphatic rings. The zero-order valence-electron chi connectivity index (χ0n) is 10.4. The summed E-state index contributed by atoms with van der Waals surface area (Å²) in [6, 6.07) is 1.92. The number of nitro groups is 1. The van der Waals surface area contributed by atoms with E-state index >= 15 is 0 Å². The number of carboxylic acid groups (broad SMARTS) is 1. The summed E-state index contributed by atoms with van der Waals surface area (Å²) in [7, 11) is -4.39. The molecule has 0 atom stereocenters. The normalized spacial score (nSPS) is 11.1. The molecule has 0 unspecified atom stereocenters. The number of carbonyl (C=O) groups is 1. The van der Waals surface area contributed by atoms with Crippen LogP contribution in [0.25, 0.3) is 0 Å². The molecule has 0 saturated carbocycles. The summed E-state index contributed by atoms with van der Waals surface area (Å²) in [4.78, 5) is 19.5. The van der Waals surface area contributed by atoms with Crippen molar-refractivity contribution in [2.75, 3.05) is 13.1 Å². The Hall–Kier alpha value is -2.51. The Balaban J connectivity index is 3.35. The second-order valence-corrected chi connectivity index (χ2v) is 5.68. The SMILES string of the molecule is C#CCN(CC(=O)O)S(=O)(=O)c1ccc(F)c([N+](=O)[O-])c1. The number of carboxylic acids is 1. The first kappa shape index (κ1) is 16.5. The van der Waals surface area contributed by atoms with Crippen LogP contribution in [0, 0.1) is 28.3 Å². The molecular formula is C11H9FN2O6S. The largest absolute Gasteiger partial charge is 0.480 e. The van der Waals surface area contributed by atoms with Crippen molar-refractivity contribution in [3.63, 3.8) is 0 Å². The van der Waals surface area contributed by atoms with Gasteiger partial charge in [-0.25, -0.2) is 8.42 Å². The highest BCUT2D eigenvalue weighted by molar-refractivity contribution is 7.89. The summed E-state index contributed by atoms with van der Waals surface area (Å²) in [5.74, 6) is -0.688. The first-order valence-electron chi connectivity index (χ1n) is 5.29. The first-order chi connectivity index (χ1) is 9.70. The standard InChI is InChI=1S/C11H9FN2O6S/c1-2-5-13(7-11(15)16)21(19,20)8-3-4-9(12)10(6-8)14(17)18/h1,3-4,6H,5,7H2,(H,15,16). The molecule has 0 bridgehead atoms. The summed E-state index contributed by atoms with van der Waals surface area (Å²) in [6.07, 6.45) is 4.96. The van der Waals surface area contributed by atoms with E-state index in [-0.39, 0.29) is 0 Å². The number of halogens is 1. The van der Waals surface area contributed by atoms with Crippen LogP contribution in [0.2, 0.25) is 0 Å². The highest BCUT2D eigenvalue weighted by Crippen LogP contribution is 2.23. The molecule has 1 aromatic carbocycles. The van der Waals surface area contributed by atoms with E-state index in [0.29, 0.717) is 16.4 Å². The van der Waals surface area contributed by atoms with E-state index in [1.807, 2.05) is 5.92 Å². The molecule has 0 aromatic heterocycles. The minimum absolute atomic E-state index is 0.437. The molecule has 0 heterocycles. The van der Waals surface area contributed by atoms with Crippen LogP contribution in [-0.2, 0) is 14.8 Å². The Kier molecular flexibility index (Phi) is 4.96. The summed E-state index contributed by atoms with van der Waals surface area (Å²) >= 11 is 0. The van der Waals surface area contributed by atoms with Crippen LogP contribution in [0.15, 0.2) is 23.1 Å². The Bertz CT molecular complexity index is 725. The highest BCUT2D eigenvalue weighted by atomic mass is 32.2. The van der Waals surface area contributed by atoms with E-state index in [1.165, 1.54) is 0 Å². The lowest BCUT2D eigenvalue weighted by molar-refractivity contribution is -0.387. The zero-order chi connectivity index (χ0) is 16.2. The van der Waals surface area contributed by atoms with E-state index in [4.69, 9.17) is 11.5 Å². The second kappa shape index (κ2) is 6.29. The van der Waals surface area contributed by atoms with Gasteiger partial charge in [-0.15, -0.1) is 6.42 Å². The molecule has 1 aromatic rings. The first-order valence-corrected chi connectivity index (χ1v) is 6.73. The number of sulfonamides is 1. The zero-order valence-corrected chi connectivity index (χ0v) is 11.2. The van der Waals surface area contributed by atoms with E-state index in [9.17, 15) is 27.7 Å². The quantitative estimate of drug-likeness (QED) is 0.462. The molecule has 10 heteroatoms. The van der Waals surface area contributed by atoms with Gasteiger partial charge in [0.2, 0.25) is 15.8 Å². The fourth-order valence-electron chi connectivity index (χ4n) is 1.42. The van der Waals surface area contributed by atoms with Crippen molar-refractivity contribution >= 4 is 21.7 Å². The van der Waals surface area contributed by atoms with Crippen molar-refractivity contribution in [1.29, 1.82) is 0 Å². The van der Waals surface area contributed by atoms with Crippen LogP contribution >= 0.6 is 0 Å². The number of terminal acetylenes is 1. The fraction of sp³-hybridized carbons (Fsp3) is 0.182. The third-order valence-corrected chi connectivity index (χ3v) is 4.12. The molecule has 0 aliphatic heterocycles. The predicted molar refractivity (Wildman–Crippen MR) is 68.3 cm³/mol. The maximum absolute atomic E-state index is 13.2. The van der Waals surface area contributed by atoms with Crippen molar-refractivity contribution < 1.29 is 27.6 Å². The number of rotatable bonds is 6. The molecule has 0 saturated heterocycles. The van der Waals surface area contributed by atoms with E-state index < -0.39 is 50.4 Å². The molecule has 112 valence electrons. The van der Waals surface area contributed by atoms with Gasteiger partial charge in [0.1, 0.15) is 6.54 Å². The smallest absolute Gasteiger partial charge is 0.318 e. The Morgan fingerprint density at radius 3 is 2.62 bits per heavy atom. The van der Waals surface area contributed by atoms with Gasteiger partial charge < -0.3 is 5.11 Å². The topological polar surface area (TPSA) is 118 Å². The van der Waals surface area contributed by atoms with Gasteiger partial charge in [0.15, 0.2) is 0 Å². The van der Waals surface area contributed by atoms with Crippen LogP contribution in [0.4, 0.5) is 10.1 Å². The molecule has 8 nitrogen and oxygen atoms in total. The van der Waals surface area contributed by atoms with Gasteiger partial charge in [-0.1, -0.05) is 5.92 Å². The van der Waals surface area contributed by atoms with Crippen molar-refractivity contribution in [3.8, 4) is 12.3 Å². The summed E-state index contributed by atoms with van der Waals surface area (Å²) < 4.78 is 38.0. The van der Waals surface area contributed by atoms with Crippen LogP contribution in [0.1, 0.15) is 0 Å². The number of benzene rings is 1. The molecular weight excluding hydrogens is 307 g/mol. The minimum atomic E-state index is -4.39. The predicted octanol–water partition coefficient (Wildman–Crippen LogP) is 0.442. The van der Waals surface area contributed by atoms with Crippen LogP contribution < -0.4 is 0 Å². The third kappa shape index (κ3) is 3.74. The maximum Gasteiger partial charge on any atom is 0.318 e. The molecule has 1 rings (SSSR count). The Labute approximate surface area is 119 Å². The number of nitro benzene ring substituents is 1. The monoisotopic (exact) mass is 316 g/mol. The lowest BCUT2D eigenvalue weighted by Gasteiger charge is -2.17. The number of hydrogen-bond donors (Lipinski definition) is 1. The molecule has 0 fully saturated rings. The molecule has 0 spiro atoms. The number of hydrogen-bond acceptors (Lipinski definition) is 5. The lowest BCUT2D eigenvalue weighted by Crippen LogP contribution is -2.36. The van der Waals surface area contributed by atoms with Gasteiger partial charge in [-0.3, -0.25) is 14.9 Å².